The van der Waals surface area contributed by atoms with E-state index in [-0.39, 0.29) is 28.8 Å². The molecule has 3 heterocycles. The Labute approximate surface area is 285 Å². The number of rotatable bonds is 10. The lowest BCUT2D eigenvalue weighted by atomic mass is 9.97. The molecule has 1 aromatic heterocycles. The van der Waals surface area contributed by atoms with Crippen LogP contribution in [0.25, 0.3) is 0 Å². The fourth-order valence-corrected chi connectivity index (χ4v) is 7.51. The number of pyridine rings is 1. The van der Waals surface area contributed by atoms with Crippen LogP contribution >= 0.6 is 0 Å². The number of anilines is 3. The van der Waals surface area contributed by atoms with Crippen molar-refractivity contribution in [1.29, 1.82) is 0 Å². The smallest absolute Gasteiger partial charge is 0.387 e. The molecule has 5 rings (SSSR count). The zero-order chi connectivity index (χ0) is 34.6. The number of carbonyl (C=O) groups excluding carboxylic acids is 1. The number of alkyl halides is 2. The van der Waals surface area contributed by atoms with Gasteiger partial charge in [0, 0.05) is 43.1 Å². The molecular weight excluding hydrogens is 629 g/mol. The van der Waals surface area contributed by atoms with E-state index in [0.717, 1.165) is 48.6 Å². The van der Waals surface area contributed by atoms with E-state index in [1.54, 1.807) is 18.3 Å². The van der Waals surface area contributed by atoms with Gasteiger partial charge in [-0.15, -0.1) is 0 Å². The van der Waals surface area contributed by atoms with E-state index < -0.39 is 14.9 Å². The Morgan fingerprint density at radius 3 is 2.40 bits per heavy atom. The summed E-state index contributed by atoms with van der Waals surface area (Å²) in [5.41, 5.74) is 3.85. The van der Waals surface area contributed by atoms with Crippen molar-refractivity contribution in [3.8, 4) is 5.75 Å². The van der Waals surface area contributed by atoms with Crippen molar-refractivity contribution in [3.63, 3.8) is 0 Å². The zero-order valence-corrected chi connectivity index (χ0v) is 30.4. The maximum Gasteiger partial charge on any atom is 0.387 e. The van der Waals surface area contributed by atoms with Gasteiger partial charge in [0.1, 0.15) is 11.6 Å². The number of halogens is 2. The second-order valence-electron chi connectivity index (χ2n) is 14.5. The topological polar surface area (TPSA) is 70.2 Å². The Morgan fingerprint density at radius 2 is 1.73 bits per heavy atom. The Kier molecular flexibility index (Phi) is 11.1. The predicted octanol–water partition coefficient (Wildman–Crippen LogP) is 7.54. The maximum atomic E-state index is 14.5. The van der Waals surface area contributed by atoms with Crippen molar-refractivity contribution >= 4 is 31.4 Å². The number of nitrogens with one attached hydrogen (secondary N) is 1. The lowest BCUT2D eigenvalue weighted by molar-refractivity contribution is -0.0495. The van der Waals surface area contributed by atoms with Gasteiger partial charge in [-0.3, -0.25) is 4.79 Å². The highest BCUT2D eigenvalue weighted by Gasteiger charge is 2.40. The molecule has 2 aromatic carbocycles. The standard InChI is InChI=1S/C37H51F2N5O3Si/c1-26-22-27(2)32(44(28-15-18-40-19-16-28)31-12-8-9-13-33(31)47-36(38)39)23-30(26)35(45)42-20-21-43(34-14-10-11-17-41-34)29(24-42)25-46-48(6,7)37(3,4)5/h8-14,17,22-23,28-29,36,40H,15-16,18-21,24-25H2,1-7H3/t29-/m0/s1. The molecule has 8 nitrogen and oxygen atoms in total. The zero-order valence-electron chi connectivity index (χ0n) is 29.4. The van der Waals surface area contributed by atoms with Crippen LogP contribution in [0.2, 0.25) is 18.1 Å². The molecule has 0 unspecified atom stereocenters. The number of nitrogens with zero attached hydrogens (tertiary/aromatic N) is 4. The van der Waals surface area contributed by atoms with Crippen LogP contribution < -0.4 is 19.9 Å². The molecule has 260 valence electrons. The molecule has 2 aliphatic rings. The Balaban J connectivity index is 1.48. The molecule has 48 heavy (non-hydrogen) atoms. The molecule has 0 bridgehead atoms. The summed E-state index contributed by atoms with van der Waals surface area (Å²) in [5.74, 6) is 0.952. The van der Waals surface area contributed by atoms with E-state index in [4.69, 9.17) is 9.16 Å². The van der Waals surface area contributed by atoms with Crippen LogP contribution in [0, 0.1) is 13.8 Å². The number of para-hydroxylation sites is 2. The number of hydrogen-bond donors (Lipinski definition) is 1. The van der Waals surface area contributed by atoms with E-state index in [2.05, 4.69) is 54.0 Å². The molecule has 0 spiro atoms. The number of hydrogen-bond acceptors (Lipinski definition) is 7. The highest BCUT2D eigenvalue weighted by atomic mass is 28.4. The van der Waals surface area contributed by atoms with Crippen molar-refractivity contribution in [1.82, 2.24) is 15.2 Å². The Morgan fingerprint density at radius 1 is 1.02 bits per heavy atom. The number of aryl methyl sites for hydroxylation is 2. The molecule has 1 amide bonds. The van der Waals surface area contributed by atoms with Crippen molar-refractivity contribution < 1.29 is 22.7 Å². The molecule has 1 N–H and O–H groups in total. The van der Waals surface area contributed by atoms with Gasteiger partial charge in [-0.25, -0.2) is 4.98 Å². The Bertz CT molecular complexity index is 1550. The lowest BCUT2D eigenvalue weighted by Gasteiger charge is -2.44. The fourth-order valence-electron chi connectivity index (χ4n) is 6.47. The van der Waals surface area contributed by atoms with E-state index in [9.17, 15) is 13.6 Å². The first-order chi connectivity index (χ1) is 22.8. The average Bonchev–Trinajstić information content (AvgIpc) is 3.05. The van der Waals surface area contributed by atoms with Crippen LogP contribution in [0.1, 0.15) is 55.1 Å². The normalized spacial score (nSPS) is 17.9. The molecule has 2 saturated heterocycles. The van der Waals surface area contributed by atoms with E-state index in [1.165, 1.54) is 0 Å². The average molecular weight is 680 g/mol. The minimum atomic E-state index is -2.95. The van der Waals surface area contributed by atoms with Crippen LogP contribution in [-0.4, -0.2) is 82.1 Å². The van der Waals surface area contributed by atoms with Crippen LogP contribution in [0.5, 0.6) is 5.75 Å². The highest BCUT2D eigenvalue weighted by Crippen LogP contribution is 2.41. The molecule has 11 heteroatoms. The van der Waals surface area contributed by atoms with Crippen LogP contribution in [-0.2, 0) is 4.43 Å². The number of carbonyl (C=O) groups is 1. The molecular formula is C37H51F2N5O3Si. The number of benzene rings is 2. The second-order valence-corrected chi connectivity index (χ2v) is 19.3. The third kappa shape index (κ3) is 8.01. The highest BCUT2D eigenvalue weighted by molar-refractivity contribution is 6.74. The molecule has 1 atom stereocenters. The van der Waals surface area contributed by atoms with Crippen LogP contribution in [0.3, 0.4) is 0 Å². The van der Waals surface area contributed by atoms with Gasteiger partial charge in [0.2, 0.25) is 0 Å². The van der Waals surface area contributed by atoms with E-state index >= 15 is 0 Å². The molecule has 0 radical (unpaired) electrons. The first-order valence-electron chi connectivity index (χ1n) is 17.0. The summed E-state index contributed by atoms with van der Waals surface area (Å²) < 4.78 is 38.8. The molecule has 3 aromatic rings. The summed E-state index contributed by atoms with van der Waals surface area (Å²) in [6.45, 7) is 16.0. The summed E-state index contributed by atoms with van der Waals surface area (Å²) >= 11 is 0. The fraction of sp³-hybridized carbons (Fsp3) is 0.514. The van der Waals surface area contributed by atoms with Gasteiger partial charge in [-0.1, -0.05) is 45.0 Å². The Hall–Kier alpha value is -3.54. The summed E-state index contributed by atoms with van der Waals surface area (Å²) in [5, 5.41) is 3.47. The van der Waals surface area contributed by atoms with Gasteiger partial charge in [0.25, 0.3) is 5.91 Å². The second kappa shape index (κ2) is 14.9. The van der Waals surface area contributed by atoms with Gasteiger partial charge in [0.05, 0.1) is 18.3 Å². The number of aromatic nitrogens is 1. The summed E-state index contributed by atoms with van der Waals surface area (Å²) in [7, 11) is -2.05. The number of ether oxygens (including phenoxy) is 1. The third-order valence-corrected chi connectivity index (χ3v) is 14.7. The monoisotopic (exact) mass is 679 g/mol. The van der Waals surface area contributed by atoms with Crippen molar-refractivity contribution in [3.05, 3.63) is 77.5 Å². The third-order valence-electron chi connectivity index (χ3n) is 10.2. The maximum absolute atomic E-state index is 14.5. The van der Waals surface area contributed by atoms with Crippen LogP contribution in [0.15, 0.2) is 60.8 Å². The van der Waals surface area contributed by atoms with Crippen LogP contribution in [0.4, 0.5) is 26.0 Å². The molecule has 2 fully saturated rings. The number of piperidine rings is 1. The molecule has 0 saturated carbocycles. The first-order valence-corrected chi connectivity index (χ1v) is 19.9. The van der Waals surface area contributed by atoms with Gasteiger partial charge in [-0.05, 0) is 99.4 Å². The van der Waals surface area contributed by atoms with Crippen molar-refractivity contribution in [2.75, 3.05) is 49.1 Å². The lowest BCUT2D eigenvalue weighted by Crippen LogP contribution is -2.58. The van der Waals surface area contributed by atoms with Gasteiger partial charge in [0.15, 0.2) is 8.32 Å². The van der Waals surface area contributed by atoms with E-state index in [1.807, 2.05) is 61.2 Å². The minimum Gasteiger partial charge on any atom is -0.433 e. The van der Waals surface area contributed by atoms with Gasteiger partial charge < -0.3 is 29.2 Å². The van der Waals surface area contributed by atoms with Gasteiger partial charge in [-0.2, -0.15) is 8.78 Å². The van der Waals surface area contributed by atoms with E-state index in [0.29, 0.717) is 37.5 Å². The SMILES string of the molecule is Cc1cc(C)c(N(c2ccccc2OC(F)F)C2CCNCC2)cc1C(=O)N1CCN(c2ccccn2)[C@H](CO[Si](C)(C)C(C)(C)C)C1. The number of amides is 1. The quantitative estimate of drug-likeness (QED) is 0.222. The summed E-state index contributed by atoms with van der Waals surface area (Å²) in [6.07, 6.45) is 3.45. The van der Waals surface area contributed by atoms with Gasteiger partial charge >= 0.3 is 6.61 Å². The summed E-state index contributed by atoms with van der Waals surface area (Å²) in [6, 6.07) is 16.8. The van der Waals surface area contributed by atoms with Crippen molar-refractivity contribution in [2.45, 2.75) is 84.3 Å². The minimum absolute atomic E-state index is 0.0387. The molecule has 2 aliphatic heterocycles. The largest absolute Gasteiger partial charge is 0.433 e. The van der Waals surface area contributed by atoms with Crippen molar-refractivity contribution in [2.24, 2.45) is 0 Å². The molecule has 0 aliphatic carbocycles. The summed E-state index contributed by atoms with van der Waals surface area (Å²) in [4.78, 5) is 25.4. The number of piperazine rings is 1. The first kappa shape index (κ1) is 35.8. The predicted molar refractivity (Wildman–Crippen MR) is 191 cm³/mol.